The zero-order chi connectivity index (χ0) is 51.4. The van der Waals surface area contributed by atoms with Crippen molar-refractivity contribution in [2.24, 2.45) is 29.7 Å². The predicted molar refractivity (Wildman–Crippen MR) is 263 cm³/mol. The number of anilines is 1. The van der Waals surface area contributed by atoms with Crippen LogP contribution >= 0.6 is 0 Å². The lowest BCUT2D eigenvalue weighted by atomic mass is 9.78. The number of Topliss-reactive ketones (excluding diaryl/α,β-unsaturated/α-hetero) is 1. The Balaban J connectivity index is 1.14. The van der Waals surface area contributed by atoms with Crippen molar-refractivity contribution in [3.8, 4) is 22.4 Å². The van der Waals surface area contributed by atoms with Crippen LogP contribution in [-0.2, 0) is 48.6 Å². The molecule has 2 amide bonds. The minimum atomic E-state index is -1.40. The maximum atomic E-state index is 16.1. The Morgan fingerprint density at radius 1 is 0.859 bits per heavy atom. The molecule has 2 bridgehead atoms. The second-order valence-electron chi connectivity index (χ2n) is 21.5. The third-order valence-corrected chi connectivity index (χ3v) is 14.2. The number of benzene rings is 2. The number of hydrogen-bond donors (Lipinski definition) is 3. The summed E-state index contributed by atoms with van der Waals surface area (Å²) in [6.07, 6.45) is 3.34. The number of piperazine rings is 1. The van der Waals surface area contributed by atoms with E-state index in [1.807, 2.05) is 30.5 Å². The summed E-state index contributed by atoms with van der Waals surface area (Å²) in [6, 6.07) is 16.3. The van der Waals surface area contributed by atoms with E-state index in [2.05, 4.69) is 37.8 Å². The molecule has 0 spiro atoms. The van der Waals surface area contributed by atoms with Gasteiger partial charge in [-0.05, 0) is 77.5 Å². The second-order valence-corrected chi connectivity index (χ2v) is 21.5. The number of ketones is 1. The summed E-state index contributed by atoms with van der Waals surface area (Å²) in [5, 5.41) is 20.5. The van der Waals surface area contributed by atoms with Gasteiger partial charge in [0.25, 0.3) is 0 Å². The van der Waals surface area contributed by atoms with E-state index >= 15 is 8.78 Å². The van der Waals surface area contributed by atoms with Crippen LogP contribution in [0.15, 0.2) is 67.0 Å². The molecule has 2 aromatic carbocycles. The van der Waals surface area contributed by atoms with Crippen molar-refractivity contribution in [2.45, 2.75) is 110 Å². The maximum absolute atomic E-state index is 16.1. The zero-order valence-electron chi connectivity index (χ0n) is 42.4. The standard InChI is InChI=1S/C53H70F2N8O8/c1-52(2,3)41(24-48(66)69-8)50(67)59-62(28-40-42(54)21-35(22-43(40)55)44-18-19-60(7)58-44)29-46(65)36(23-45(64)49(53(4,5)6)57-51(68)70-9)20-32-10-12-33(13-11-32)34-14-17-47(56-25-34)61-26-37-15-16-38(27-61)63(37)39-30-71-31-39/h10-14,17-19,21-22,25,36-39,41,46,49,65H,15-16,20,23-24,26-31H2,1-9H3,(H,57,68)(H,59,67)/t36-,37?,38?,41-,46+,49-/m1/s1. The van der Waals surface area contributed by atoms with E-state index in [4.69, 9.17) is 19.2 Å². The number of aromatic nitrogens is 3. The van der Waals surface area contributed by atoms with Crippen LogP contribution in [0.2, 0.25) is 0 Å². The van der Waals surface area contributed by atoms with Crippen LogP contribution in [0, 0.1) is 34.3 Å². The van der Waals surface area contributed by atoms with Crippen molar-refractivity contribution in [1.82, 2.24) is 35.4 Å². The Bertz CT molecular complexity index is 2470. The van der Waals surface area contributed by atoms with Gasteiger partial charge in [0.1, 0.15) is 17.5 Å². The van der Waals surface area contributed by atoms with E-state index in [0.29, 0.717) is 23.8 Å². The number of hydrogen-bond acceptors (Lipinski definition) is 13. The molecule has 18 heteroatoms. The number of methoxy groups -OCH3 is 2. The van der Waals surface area contributed by atoms with Crippen LogP contribution in [0.25, 0.3) is 22.4 Å². The number of nitrogens with one attached hydrogen (secondary N) is 2. The van der Waals surface area contributed by atoms with Gasteiger partial charge in [-0.15, -0.1) is 0 Å². The number of carbonyl (C=O) groups excluding carboxylic acids is 4. The molecule has 0 aliphatic carbocycles. The smallest absolute Gasteiger partial charge is 0.407 e. The quantitative estimate of drug-likeness (QED) is 0.0687. The number of aliphatic hydroxyl groups excluding tert-OH is 1. The topological polar surface area (TPSA) is 181 Å². The normalized spacial score (nSPS) is 19.1. The van der Waals surface area contributed by atoms with Crippen LogP contribution in [0.3, 0.4) is 0 Å². The van der Waals surface area contributed by atoms with Gasteiger partial charge in [0.05, 0.1) is 63.7 Å². The number of carbonyl (C=O) groups is 4. The van der Waals surface area contributed by atoms with Crippen LogP contribution < -0.4 is 15.6 Å². The molecule has 3 fully saturated rings. The SMILES string of the molecule is COC(=O)C[C@H](C(=O)NN(Cc1c(F)cc(-c2ccn(C)n2)cc1F)C[C@H](O)[C@@H](CC(=O)[C@@H](NC(=O)OC)C(C)(C)C)Cc1ccc(-c2ccc(N3CC4CCC(C3)N4C3COC3)nc2)cc1)C(C)(C)C. The van der Waals surface area contributed by atoms with Crippen LogP contribution in [0.4, 0.5) is 19.4 Å². The zero-order valence-corrected chi connectivity index (χ0v) is 42.4. The Morgan fingerprint density at radius 2 is 1.51 bits per heavy atom. The number of pyridine rings is 1. The molecule has 3 N–H and O–H groups in total. The maximum Gasteiger partial charge on any atom is 0.407 e. The lowest BCUT2D eigenvalue weighted by molar-refractivity contribution is -0.148. The molecule has 3 aliphatic heterocycles. The fourth-order valence-corrected chi connectivity index (χ4v) is 10.1. The monoisotopic (exact) mass is 985 g/mol. The largest absolute Gasteiger partial charge is 0.469 e. The predicted octanol–water partition coefficient (Wildman–Crippen LogP) is 6.49. The first-order chi connectivity index (χ1) is 33.6. The average Bonchev–Trinajstić information content (AvgIpc) is 3.84. The number of alkyl carbamates (subject to hydrolysis) is 1. The van der Waals surface area contributed by atoms with Gasteiger partial charge in [0.2, 0.25) is 5.91 Å². The third kappa shape index (κ3) is 13.0. The molecule has 71 heavy (non-hydrogen) atoms. The van der Waals surface area contributed by atoms with Gasteiger partial charge in [0, 0.05) is 80.8 Å². The van der Waals surface area contributed by atoms with Crippen molar-refractivity contribution >= 4 is 29.6 Å². The fourth-order valence-electron chi connectivity index (χ4n) is 10.1. The van der Waals surface area contributed by atoms with Crippen LogP contribution in [-0.4, -0.2) is 131 Å². The summed E-state index contributed by atoms with van der Waals surface area (Å²) < 4.78 is 48.9. The number of rotatable bonds is 19. The number of nitrogens with zero attached hydrogens (tertiary/aromatic N) is 6. The fraction of sp³-hybridized carbons (Fsp3) is 0.547. The summed E-state index contributed by atoms with van der Waals surface area (Å²) in [5.74, 6) is -4.33. The highest BCUT2D eigenvalue weighted by molar-refractivity contribution is 5.88. The van der Waals surface area contributed by atoms with E-state index in [-0.39, 0.29) is 30.6 Å². The molecule has 7 rings (SSSR count). The van der Waals surface area contributed by atoms with Crippen molar-refractivity contribution in [2.75, 3.05) is 52.0 Å². The summed E-state index contributed by atoms with van der Waals surface area (Å²) in [5.41, 5.74) is 4.00. The number of esters is 1. The highest BCUT2D eigenvalue weighted by atomic mass is 19.1. The number of aliphatic hydroxyl groups is 1. The lowest BCUT2D eigenvalue weighted by Crippen LogP contribution is -2.62. The Morgan fingerprint density at radius 3 is 2.03 bits per heavy atom. The minimum absolute atomic E-state index is 0.164. The van der Waals surface area contributed by atoms with E-state index in [9.17, 15) is 24.3 Å². The van der Waals surface area contributed by atoms with Gasteiger partial charge >= 0.3 is 12.1 Å². The van der Waals surface area contributed by atoms with E-state index in [1.165, 1.54) is 36.8 Å². The van der Waals surface area contributed by atoms with E-state index in [0.717, 1.165) is 60.9 Å². The van der Waals surface area contributed by atoms with Crippen molar-refractivity contribution in [3.05, 3.63) is 89.8 Å². The van der Waals surface area contributed by atoms with Crippen LogP contribution in [0.1, 0.15) is 78.4 Å². The van der Waals surface area contributed by atoms with Crippen molar-refractivity contribution < 1.29 is 47.3 Å². The number of ether oxygens (including phenoxy) is 3. The van der Waals surface area contributed by atoms with Gasteiger partial charge in [-0.1, -0.05) is 65.8 Å². The summed E-state index contributed by atoms with van der Waals surface area (Å²) >= 11 is 0. The number of fused-ring (bicyclic) bond motifs is 2. The summed E-state index contributed by atoms with van der Waals surface area (Å²) in [7, 11) is 4.11. The first-order valence-corrected chi connectivity index (χ1v) is 24.4. The highest BCUT2D eigenvalue weighted by Crippen LogP contribution is 2.36. The average molecular weight is 985 g/mol. The number of hydrazine groups is 1. The van der Waals surface area contributed by atoms with Gasteiger partial charge in [0.15, 0.2) is 5.78 Å². The Labute approximate surface area is 415 Å². The van der Waals surface area contributed by atoms with Crippen LogP contribution in [0.5, 0.6) is 0 Å². The van der Waals surface area contributed by atoms with E-state index in [1.54, 1.807) is 60.9 Å². The molecule has 2 unspecified atom stereocenters. The van der Waals surface area contributed by atoms with E-state index < -0.39 is 83.1 Å². The molecule has 5 heterocycles. The molecule has 0 saturated carbocycles. The molecule has 2 aromatic heterocycles. The van der Waals surface area contributed by atoms with Crippen molar-refractivity contribution in [1.29, 1.82) is 0 Å². The van der Waals surface area contributed by atoms with Gasteiger partial charge in [-0.2, -0.15) is 5.10 Å². The summed E-state index contributed by atoms with van der Waals surface area (Å²) in [4.78, 5) is 63.5. The molecule has 384 valence electrons. The Kier molecular flexibility index (Phi) is 16.6. The van der Waals surface area contributed by atoms with Gasteiger partial charge in [-0.3, -0.25) is 29.4 Å². The van der Waals surface area contributed by atoms with Gasteiger partial charge < -0.3 is 29.5 Å². The summed E-state index contributed by atoms with van der Waals surface area (Å²) in [6.45, 7) is 13.3. The van der Waals surface area contributed by atoms with Crippen molar-refractivity contribution in [3.63, 3.8) is 0 Å². The molecule has 3 saturated heterocycles. The number of halogens is 2. The molecular formula is C53H70F2N8O8. The molecule has 0 radical (unpaired) electrons. The second kappa shape index (κ2) is 22.3. The lowest BCUT2D eigenvalue weighted by Gasteiger charge is -2.48. The number of aryl methyl sites for hydroxylation is 1. The minimum Gasteiger partial charge on any atom is -0.469 e. The molecule has 16 nitrogen and oxygen atoms in total. The first-order valence-electron chi connectivity index (χ1n) is 24.4. The Hall–Kier alpha value is -5.82. The molecule has 4 aromatic rings. The number of amides is 2. The molecule has 3 aliphatic rings. The third-order valence-electron chi connectivity index (χ3n) is 14.2. The molecular weight excluding hydrogens is 915 g/mol. The molecule has 6 atom stereocenters. The van der Waals surface area contributed by atoms with Gasteiger partial charge in [-0.25, -0.2) is 23.6 Å². The first kappa shape index (κ1) is 53.0. The highest BCUT2D eigenvalue weighted by Gasteiger charge is 2.46.